The minimum Gasteiger partial charge on any atom is -0.389 e. The van der Waals surface area contributed by atoms with Gasteiger partial charge in [-0.05, 0) is 59.4 Å². The van der Waals surface area contributed by atoms with Crippen LogP contribution in [0.5, 0.6) is 0 Å². The number of halogens is 1. The van der Waals surface area contributed by atoms with E-state index in [0.29, 0.717) is 24.0 Å². The summed E-state index contributed by atoms with van der Waals surface area (Å²) >= 11 is 3.88. The van der Waals surface area contributed by atoms with Crippen LogP contribution in [0.15, 0.2) is 109 Å². The molecule has 1 aliphatic heterocycles. The molecule has 7 heteroatoms. The third kappa shape index (κ3) is 6.71. The van der Waals surface area contributed by atoms with Crippen molar-refractivity contribution in [1.29, 1.82) is 10.5 Å². The van der Waals surface area contributed by atoms with E-state index >= 15 is 0 Å². The van der Waals surface area contributed by atoms with Gasteiger partial charge >= 0.3 is 6.03 Å². The molecule has 0 saturated carbocycles. The highest BCUT2D eigenvalue weighted by molar-refractivity contribution is 9.09. The van der Waals surface area contributed by atoms with Gasteiger partial charge in [-0.1, -0.05) is 101 Å². The van der Waals surface area contributed by atoms with E-state index in [9.17, 15) is 20.4 Å². The zero-order valence-electron chi connectivity index (χ0n) is 23.1. The molecule has 0 spiro atoms. The smallest absolute Gasteiger partial charge is 0.321 e. The Balaban J connectivity index is 1.56. The van der Waals surface area contributed by atoms with E-state index in [2.05, 4.69) is 28.1 Å². The van der Waals surface area contributed by atoms with Crippen LogP contribution in [0.4, 0.5) is 4.79 Å². The van der Waals surface area contributed by atoms with Gasteiger partial charge in [0.1, 0.15) is 0 Å². The normalized spacial score (nSPS) is 19.1. The van der Waals surface area contributed by atoms with E-state index in [4.69, 9.17) is 0 Å². The Labute approximate surface area is 255 Å². The van der Waals surface area contributed by atoms with Crippen LogP contribution in [0, 0.1) is 22.7 Å². The zero-order valence-corrected chi connectivity index (χ0v) is 24.6. The van der Waals surface area contributed by atoms with E-state index < -0.39 is 18.2 Å². The number of hydrogen-bond acceptors (Lipinski definition) is 4. The van der Waals surface area contributed by atoms with Crippen molar-refractivity contribution >= 4 is 22.0 Å². The molecule has 1 heterocycles. The summed E-state index contributed by atoms with van der Waals surface area (Å²) in [6.45, 7) is 0.482. The first kappa shape index (κ1) is 29.1. The molecule has 4 aromatic carbocycles. The van der Waals surface area contributed by atoms with Gasteiger partial charge in [-0.2, -0.15) is 10.5 Å². The van der Waals surface area contributed by atoms with Crippen LogP contribution in [-0.4, -0.2) is 44.0 Å². The van der Waals surface area contributed by atoms with Gasteiger partial charge in [0.2, 0.25) is 0 Å². The van der Waals surface area contributed by atoms with E-state index in [0.717, 1.165) is 22.3 Å². The summed E-state index contributed by atoms with van der Waals surface area (Å²) in [5.41, 5.74) is 4.78. The molecule has 1 saturated heterocycles. The van der Waals surface area contributed by atoms with Crippen LogP contribution in [0.3, 0.4) is 0 Å². The number of rotatable bonds is 9. The molecule has 5 rings (SSSR count). The van der Waals surface area contributed by atoms with Gasteiger partial charge in [0.05, 0.1) is 41.5 Å². The zero-order chi connectivity index (χ0) is 29.5. The lowest BCUT2D eigenvalue weighted by Crippen LogP contribution is -2.68. The summed E-state index contributed by atoms with van der Waals surface area (Å²) in [5.74, 6) is 0. The van der Waals surface area contributed by atoms with Crippen molar-refractivity contribution in [1.82, 2.24) is 9.80 Å². The van der Waals surface area contributed by atoms with Gasteiger partial charge in [-0.15, -0.1) is 0 Å². The topological polar surface area (TPSA) is 91.4 Å². The number of amides is 2. The van der Waals surface area contributed by atoms with Gasteiger partial charge in [0.15, 0.2) is 0 Å². The fourth-order valence-corrected chi connectivity index (χ4v) is 6.69. The molecule has 1 aliphatic rings. The Morgan fingerprint density at radius 2 is 1.21 bits per heavy atom. The van der Waals surface area contributed by atoms with Crippen molar-refractivity contribution in [3.8, 4) is 12.1 Å². The van der Waals surface area contributed by atoms with Crippen molar-refractivity contribution in [3.63, 3.8) is 0 Å². The molecule has 1 fully saturated rings. The van der Waals surface area contributed by atoms with Crippen molar-refractivity contribution in [3.05, 3.63) is 143 Å². The molecule has 0 radical (unpaired) electrons. The molecule has 210 valence electrons. The van der Waals surface area contributed by atoms with Gasteiger partial charge in [0, 0.05) is 17.9 Å². The predicted molar refractivity (Wildman–Crippen MR) is 165 cm³/mol. The highest BCUT2D eigenvalue weighted by Crippen LogP contribution is 2.33. The summed E-state index contributed by atoms with van der Waals surface area (Å²) < 4.78 is 0. The molecule has 1 N–H and O–H groups in total. The maximum absolute atomic E-state index is 14.5. The molecule has 42 heavy (non-hydrogen) atoms. The van der Waals surface area contributed by atoms with Gasteiger partial charge in [0.25, 0.3) is 0 Å². The first-order valence-corrected chi connectivity index (χ1v) is 14.8. The summed E-state index contributed by atoms with van der Waals surface area (Å²) in [6, 6.07) is 37.5. The van der Waals surface area contributed by atoms with Crippen molar-refractivity contribution in [2.45, 2.75) is 48.9 Å². The third-order valence-electron chi connectivity index (χ3n) is 7.75. The third-order valence-corrected chi connectivity index (χ3v) is 8.61. The van der Waals surface area contributed by atoms with Crippen LogP contribution >= 0.6 is 15.9 Å². The lowest BCUT2D eigenvalue weighted by Gasteiger charge is -2.51. The van der Waals surface area contributed by atoms with E-state index in [1.807, 2.05) is 84.9 Å². The number of nitriles is 2. The predicted octanol–water partition coefficient (Wildman–Crippen LogP) is 6.21. The highest BCUT2D eigenvalue weighted by Gasteiger charge is 2.48. The Kier molecular flexibility index (Phi) is 9.34. The Hall–Kier alpha value is -4.43. The number of nitrogens with zero attached hydrogens (tertiary/aromatic N) is 4. The average molecular weight is 620 g/mol. The summed E-state index contributed by atoms with van der Waals surface area (Å²) in [5, 5.41) is 31.1. The Morgan fingerprint density at radius 1 is 0.714 bits per heavy atom. The molecular formula is C35H31BrN4O2. The van der Waals surface area contributed by atoms with E-state index in [-0.39, 0.29) is 23.9 Å². The fraction of sp³-hybridized carbons (Fsp3) is 0.229. The Morgan fingerprint density at radius 3 is 1.76 bits per heavy atom. The lowest BCUT2D eigenvalue weighted by molar-refractivity contribution is -0.0428. The maximum Gasteiger partial charge on any atom is 0.321 e. The van der Waals surface area contributed by atoms with Crippen LogP contribution in [0.2, 0.25) is 0 Å². The quantitative estimate of drug-likeness (QED) is 0.226. The van der Waals surface area contributed by atoms with Crippen LogP contribution in [0.25, 0.3) is 0 Å². The first-order chi connectivity index (χ1) is 20.5. The first-order valence-electron chi connectivity index (χ1n) is 13.9. The number of aliphatic hydroxyl groups is 1. The molecule has 0 bridgehead atoms. The van der Waals surface area contributed by atoms with Gasteiger partial charge < -0.3 is 14.9 Å². The summed E-state index contributed by atoms with van der Waals surface area (Å²) in [6.07, 6.45) is 0.201. The molecular weight excluding hydrogens is 588 g/mol. The fourth-order valence-electron chi connectivity index (χ4n) is 5.72. The second-order valence-corrected chi connectivity index (χ2v) is 11.8. The molecule has 0 aliphatic carbocycles. The second-order valence-electron chi connectivity index (χ2n) is 10.6. The van der Waals surface area contributed by atoms with Crippen LogP contribution in [-0.2, 0) is 25.9 Å². The number of carbonyl (C=O) groups is 1. The SMILES string of the molecule is N#Cc1cccc(CN2C(=O)N(Cc3cccc(C#N)c3)[C@@H](C(Br)Cc3ccccc3)[C@H](O)[C@@H]2Cc2ccccc2)c1. The second kappa shape index (κ2) is 13.5. The lowest BCUT2D eigenvalue weighted by atomic mass is 9.87. The number of aliphatic hydroxyl groups excluding tert-OH is 1. The number of hydrogen-bond donors (Lipinski definition) is 1. The van der Waals surface area contributed by atoms with E-state index in [1.54, 1.807) is 34.1 Å². The number of carbonyl (C=O) groups excluding carboxylic acids is 1. The van der Waals surface area contributed by atoms with Crippen LogP contribution in [0.1, 0.15) is 33.4 Å². The molecule has 0 aromatic heterocycles. The average Bonchev–Trinajstić information content (AvgIpc) is 3.02. The number of urea groups is 1. The maximum atomic E-state index is 14.5. The summed E-state index contributed by atoms with van der Waals surface area (Å²) in [4.78, 5) is 17.8. The van der Waals surface area contributed by atoms with Gasteiger partial charge in [-0.3, -0.25) is 0 Å². The highest BCUT2D eigenvalue weighted by atomic mass is 79.9. The number of alkyl halides is 1. The largest absolute Gasteiger partial charge is 0.389 e. The molecule has 4 atom stereocenters. The van der Waals surface area contributed by atoms with Crippen molar-refractivity contribution in [2.24, 2.45) is 0 Å². The number of benzene rings is 4. The van der Waals surface area contributed by atoms with E-state index in [1.165, 1.54) is 0 Å². The molecule has 6 nitrogen and oxygen atoms in total. The minimum atomic E-state index is -0.894. The van der Waals surface area contributed by atoms with Crippen molar-refractivity contribution in [2.75, 3.05) is 0 Å². The van der Waals surface area contributed by atoms with Gasteiger partial charge in [-0.25, -0.2) is 4.79 Å². The molecule has 1 unspecified atom stereocenters. The molecule has 2 amide bonds. The molecule has 4 aromatic rings. The monoisotopic (exact) mass is 618 g/mol. The minimum absolute atomic E-state index is 0.200. The van der Waals surface area contributed by atoms with Crippen LogP contribution < -0.4 is 0 Å². The van der Waals surface area contributed by atoms with Crippen molar-refractivity contribution < 1.29 is 9.90 Å². The standard InChI is InChI=1S/C35H31BrN4O2/c36-31(19-25-9-3-1-4-10-25)33-34(41)32(20-26-11-5-2-6-12-26)39(23-29-15-7-13-27(17-29)21-37)35(42)40(33)24-30-16-8-14-28(18-30)22-38/h1-18,31-34,41H,19-20,23-24H2/t31?,32-,33-,34+/m0/s1. The Bertz CT molecular complexity index is 1600. The summed E-state index contributed by atoms with van der Waals surface area (Å²) in [7, 11) is 0.